The lowest BCUT2D eigenvalue weighted by Crippen LogP contribution is -2.46. The van der Waals surface area contributed by atoms with Crippen LogP contribution < -0.4 is 9.80 Å². The number of benzene rings is 1. The maximum atomic E-state index is 5.62. The molecule has 0 aliphatic carbocycles. The first-order valence-electron chi connectivity index (χ1n) is 10.2. The molecular formula is C21H27N7O. The van der Waals surface area contributed by atoms with E-state index >= 15 is 0 Å². The summed E-state index contributed by atoms with van der Waals surface area (Å²) in [5.41, 5.74) is 4.77. The van der Waals surface area contributed by atoms with Crippen molar-refractivity contribution in [2.24, 2.45) is 0 Å². The van der Waals surface area contributed by atoms with E-state index in [4.69, 9.17) is 4.74 Å². The zero-order valence-corrected chi connectivity index (χ0v) is 17.1. The van der Waals surface area contributed by atoms with Crippen molar-refractivity contribution in [3.05, 3.63) is 42.0 Å². The van der Waals surface area contributed by atoms with Crippen LogP contribution >= 0.6 is 0 Å². The molecule has 8 nitrogen and oxygen atoms in total. The number of aromatic nitrogens is 4. The predicted molar refractivity (Wildman–Crippen MR) is 113 cm³/mol. The summed E-state index contributed by atoms with van der Waals surface area (Å²) in [5.74, 6) is 0.962. The van der Waals surface area contributed by atoms with E-state index in [1.165, 1.54) is 16.9 Å². The van der Waals surface area contributed by atoms with Gasteiger partial charge in [-0.3, -0.25) is 9.58 Å². The summed E-state index contributed by atoms with van der Waals surface area (Å²) in [5, 5.41) is 5.62. The van der Waals surface area contributed by atoms with E-state index in [9.17, 15) is 0 Å². The van der Waals surface area contributed by atoms with Gasteiger partial charge in [0.2, 0.25) is 0 Å². The van der Waals surface area contributed by atoms with Crippen LogP contribution in [0, 0.1) is 0 Å². The van der Waals surface area contributed by atoms with E-state index in [2.05, 4.69) is 47.7 Å². The number of rotatable bonds is 4. The van der Waals surface area contributed by atoms with Crippen molar-refractivity contribution < 1.29 is 4.74 Å². The monoisotopic (exact) mass is 393 g/mol. The molecule has 4 heterocycles. The van der Waals surface area contributed by atoms with Gasteiger partial charge in [-0.05, 0) is 18.2 Å². The van der Waals surface area contributed by atoms with Crippen molar-refractivity contribution in [2.75, 3.05) is 56.7 Å². The van der Waals surface area contributed by atoms with Gasteiger partial charge in [0.15, 0.2) is 0 Å². The van der Waals surface area contributed by atoms with E-state index in [0.29, 0.717) is 6.61 Å². The zero-order valence-electron chi connectivity index (χ0n) is 17.1. The normalized spacial score (nSPS) is 17.5. The number of piperazine rings is 1. The van der Waals surface area contributed by atoms with Gasteiger partial charge < -0.3 is 14.5 Å². The molecule has 0 spiro atoms. The molecule has 5 rings (SSSR count). The molecule has 2 aliphatic heterocycles. The third-order valence-electron chi connectivity index (χ3n) is 5.87. The highest BCUT2D eigenvalue weighted by Gasteiger charge is 2.21. The van der Waals surface area contributed by atoms with Crippen molar-refractivity contribution in [3.63, 3.8) is 0 Å². The number of fused-ring (bicyclic) bond motifs is 2. The fourth-order valence-electron chi connectivity index (χ4n) is 4.25. The maximum absolute atomic E-state index is 5.62. The molecule has 0 amide bonds. The van der Waals surface area contributed by atoms with Gasteiger partial charge in [-0.25, -0.2) is 9.97 Å². The Hall–Kier alpha value is -2.71. The lowest BCUT2D eigenvalue weighted by molar-refractivity contribution is 0.0786. The lowest BCUT2D eigenvalue weighted by atomic mass is 10.1. The minimum absolute atomic E-state index is 0.683. The fraction of sp³-hybridized carbons (Fsp3) is 0.476. The topological polar surface area (TPSA) is 62.6 Å². The summed E-state index contributed by atoms with van der Waals surface area (Å²) in [6, 6.07) is 6.51. The Balaban J connectivity index is 1.28. The highest BCUT2D eigenvalue weighted by molar-refractivity contribution is 5.91. The SMILES string of the molecule is CN(C)c1ncnc2ccc(N3CCN(Cc4cnn5c4COCC5)CC3)cc12. The van der Waals surface area contributed by atoms with E-state index in [1.807, 2.05) is 25.2 Å². The number of ether oxygens (including phenoxy) is 1. The van der Waals surface area contributed by atoms with Gasteiger partial charge in [-0.2, -0.15) is 5.10 Å². The molecule has 1 fully saturated rings. The Labute approximate surface area is 170 Å². The van der Waals surface area contributed by atoms with Crippen LogP contribution in [0.25, 0.3) is 10.9 Å². The largest absolute Gasteiger partial charge is 0.373 e. The van der Waals surface area contributed by atoms with Gasteiger partial charge >= 0.3 is 0 Å². The van der Waals surface area contributed by atoms with Crippen LogP contribution in [0.1, 0.15) is 11.3 Å². The molecule has 0 radical (unpaired) electrons. The van der Waals surface area contributed by atoms with Gasteiger partial charge in [0.1, 0.15) is 12.1 Å². The number of anilines is 2. The molecule has 0 bridgehead atoms. The number of hydrogen-bond donors (Lipinski definition) is 0. The lowest BCUT2D eigenvalue weighted by Gasteiger charge is -2.36. The minimum atomic E-state index is 0.683. The summed E-state index contributed by atoms with van der Waals surface area (Å²) < 4.78 is 7.71. The molecule has 1 saturated heterocycles. The molecule has 152 valence electrons. The van der Waals surface area contributed by atoms with Crippen LogP contribution in [-0.4, -0.2) is 71.5 Å². The molecule has 2 aromatic heterocycles. The quantitative estimate of drug-likeness (QED) is 0.669. The minimum Gasteiger partial charge on any atom is -0.373 e. The Morgan fingerprint density at radius 3 is 2.76 bits per heavy atom. The summed E-state index contributed by atoms with van der Waals surface area (Å²) >= 11 is 0. The second kappa shape index (κ2) is 7.61. The van der Waals surface area contributed by atoms with Crippen LogP contribution in [0.5, 0.6) is 0 Å². The van der Waals surface area contributed by atoms with Crippen LogP contribution in [0.15, 0.2) is 30.7 Å². The second-order valence-electron chi connectivity index (χ2n) is 7.95. The Morgan fingerprint density at radius 2 is 1.93 bits per heavy atom. The van der Waals surface area contributed by atoms with Crippen LogP contribution in [0.4, 0.5) is 11.5 Å². The standard InChI is InChI=1S/C21H27N7O/c1-25(2)21-18-11-17(3-4-19(18)22-15-23-21)27-7-5-26(6-8-27)13-16-12-24-28-9-10-29-14-20(16)28/h3-4,11-12,15H,5-10,13-14H2,1-2H3. The van der Waals surface area contributed by atoms with Crippen molar-refractivity contribution in [2.45, 2.75) is 19.7 Å². The van der Waals surface area contributed by atoms with Gasteiger partial charge in [-0.1, -0.05) is 0 Å². The number of hydrogen-bond acceptors (Lipinski definition) is 7. The van der Waals surface area contributed by atoms with Crippen molar-refractivity contribution >= 4 is 22.4 Å². The first-order chi connectivity index (χ1) is 14.2. The molecule has 0 unspecified atom stereocenters. The predicted octanol–water partition coefficient (Wildman–Crippen LogP) is 1.74. The molecule has 3 aromatic rings. The maximum Gasteiger partial charge on any atom is 0.139 e. The molecular weight excluding hydrogens is 366 g/mol. The van der Waals surface area contributed by atoms with Crippen molar-refractivity contribution in [1.82, 2.24) is 24.6 Å². The Kier molecular flexibility index (Phi) is 4.81. The fourth-order valence-corrected chi connectivity index (χ4v) is 4.25. The van der Waals surface area contributed by atoms with E-state index in [-0.39, 0.29) is 0 Å². The average Bonchev–Trinajstić information content (AvgIpc) is 3.16. The molecule has 8 heteroatoms. The van der Waals surface area contributed by atoms with Gasteiger partial charge in [-0.15, -0.1) is 0 Å². The first kappa shape index (κ1) is 18.3. The summed E-state index contributed by atoms with van der Waals surface area (Å²) in [6.45, 7) is 7.35. The molecule has 29 heavy (non-hydrogen) atoms. The number of nitrogens with zero attached hydrogens (tertiary/aromatic N) is 7. The molecule has 2 aliphatic rings. The second-order valence-corrected chi connectivity index (χ2v) is 7.95. The van der Waals surface area contributed by atoms with Gasteiger partial charge in [0.25, 0.3) is 0 Å². The molecule has 0 saturated carbocycles. The van der Waals surface area contributed by atoms with Crippen LogP contribution in [-0.2, 0) is 24.4 Å². The summed E-state index contributed by atoms with van der Waals surface area (Å²) in [4.78, 5) is 15.9. The molecule has 1 aromatic carbocycles. The highest BCUT2D eigenvalue weighted by Crippen LogP contribution is 2.27. The van der Waals surface area contributed by atoms with Gasteiger partial charge in [0, 0.05) is 63.5 Å². The third kappa shape index (κ3) is 3.54. The molecule has 0 N–H and O–H groups in total. The third-order valence-corrected chi connectivity index (χ3v) is 5.87. The molecule has 0 atom stereocenters. The van der Waals surface area contributed by atoms with E-state index in [0.717, 1.165) is 62.6 Å². The average molecular weight is 393 g/mol. The van der Waals surface area contributed by atoms with Crippen LogP contribution in [0.2, 0.25) is 0 Å². The Bertz CT molecular complexity index is 1010. The summed E-state index contributed by atoms with van der Waals surface area (Å²) in [7, 11) is 4.04. The van der Waals surface area contributed by atoms with Crippen LogP contribution in [0.3, 0.4) is 0 Å². The van der Waals surface area contributed by atoms with Gasteiger partial charge in [0.05, 0.1) is 37.2 Å². The van der Waals surface area contributed by atoms with Crippen molar-refractivity contribution in [3.8, 4) is 0 Å². The van der Waals surface area contributed by atoms with E-state index < -0.39 is 0 Å². The summed E-state index contributed by atoms with van der Waals surface area (Å²) in [6.07, 6.45) is 3.65. The smallest absolute Gasteiger partial charge is 0.139 e. The first-order valence-corrected chi connectivity index (χ1v) is 10.2. The highest BCUT2D eigenvalue weighted by atomic mass is 16.5. The Morgan fingerprint density at radius 1 is 1.07 bits per heavy atom. The zero-order chi connectivity index (χ0) is 19.8. The van der Waals surface area contributed by atoms with Crippen molar-refractivity contribution in [1.29, 1.82) is 0 Å². The van der Waals surface area contributed by atoms with E-state index in [1.54, 1.807) is 6.33 Å².